The number of esters is 1. The molecule has 2 aromatic carbocycles. The molecule has 0 fully saturated rings. The maximum absolute atomic E-state index is 14.8. The number of nitrogens with zero attached hydrogens (tertiary/aromatic N) is 3. The van der Waals surface area contributed by atoms with Crippen molar-refractivity contribution in [2.75, 3.05) is 32.1 Å². The number of halogens is 1. The van der Waals surface area contributed by atoms with Crippen LogP contribution < -0.4 is 9.75 Å². The minimum atomic E-state index is -0.826. The van der Waals surface area contributed by atoms with Crippen LogP contribution in [0, 0.1) is 17.1 Å². The number of rotatable bonds is 7. The maximum atomic E-state index is 14.8. The topological polar surface area (TPSA) is 84.2 Å². The van der Waals surface area contributed by atoms with Gasteiger partial charge >= 0.3 is 5.97 Å². The molecule has 1 unspecified atom stereocenters. The number of anilines is 1. The first kappa shape index (κ1) is 20.3. The van der Waals surface area contributed by atoms with E-state index in [1.807, 2.05) is 30.3 Å². The Kier molecular flexibility index (Phi) is 6.42. The number of hydrogen-bond donors (Lipinski definition) is 0. The molecule has 1 atom stereocenters. The first-order valence-corrected chi connectivity index (χ1v) is 9.02. The van der Waals surface area contributed by atoms with E-state index < -0.39 is 11.8 Å². The van der Waals surface area contributed by atoms with Crippen molar-refractivity contribution in [2.24, 2.45) is 5.10 Å². The summed E-state index contributed by atoms with van der Waals surface area (Å²) in [6.07, 6.45) is 0. The van der Waals surface area contributed by atoms with E-state index in [9.17, 15) is 14.4 Å². The molecule has 1 aliphatic rings. The van der Waals surface area contributed by atoms with Crippen LogP contribution in [0.2, 0.25) is 0 Å². The van der Waals surface area contributed by atoms with Gasteiger partial charge in [0.1, 0.15) is 28.9 Å². The molecular formula is C21H20FN3O4. The largest absolute Gasteiger partial charge is 0.466 e. The smallest absolute Gasteiger partial charge is 0.344 e. The minimum Gasteiger partial charge on any atom is -0.466 e. The molecule has 0 amide bonds. The summed E-state index contributed by atoms with van der Waals surface area (Å²) in [5, 5.41) is 15.3. The number of ether oxygens (including phenoxy) is 3. The normalized spacial score (nSPS) is 15.6. The second kappa shape index (κ2) is 9.17. The summed E-state index contributed by atoms with van der Waals surface area (Å²) in [4.78, 5) is 12.2. The lowest BCUT2D eigenvalue weighted by Gasteiger charge is -2.19. The van der Waals surface area contributed by atoms with Gasteiger partial charge in [-0.1, -0.05) is 30.3 Å². The third-order valence-electron chi connectivity index (χ3n) is 4.38. The zero-order chi connectivity index (χ0) is 20.8. The van der Waals surface area contributed by atoms with E-state index >= 15 is 0 Å². The van der Waals surface area contributed by atoms with E-state index in [1.54, 1.807) is 6.92 Å². The highest BCUT2D eigenvalue weighted by Crippen LogP contribution is 2.34. The molecule has 3 rings (SSSR count). The van der Waals surface area contributed by atoms with Crippen LogP contribution in [0.4, 0.5) is 10.1 Å². The SMILES string of the molecule is CCOC(=O)c1c(F)cc(N2CC(c3ccccc3)C(C#N)=N2)cc1OCOC. The third kappa shape index (κ3) is 4.36. The monoisotopic (exact) mass is 397 g/mol. The number of hydrazone groups is 1. The van der Waals surface area contributed by atoms with Gasteiger partial charge in [0.15, 0.2) is 6.79 Å². The molecule has 1 aliphatic heterocycles. The van der Waals surface area contributed by atoms with E-state index in [0.29, 0.717) is 17.9 Å². The molecule has 0 saturated carbocycles. The van der Waals surface area contributed by atoms with Crippen LogP contribution in [0.15, 0.2) is 47.6 Å². The molecule has 8 heteroatoms. The van der Waals surface area contributed by atoms with E-state index in [2.05, 4.69) is 11.2 Å². The van der Waals surface area contributed by atoms with E-state index in [0.717, 1.165) is 5.56 Å². The number of carbonyl (C=O) groups is 1. The Labute approximate surface area is 167 Å². The van der Waals surface area contributed by atoms with Gasteiger partial charge in [-0.05, 0) is 12.5 Å². The van der Waals surface area contributed by atoms with Crippen LogP contribution in [0.3, 0.4) is 0 Å². The van der Waals surface area contributed by atoms with Crippen LogP contribution in [0.1, 0.15) is 28.8 Å². The highest BCUT2D eigenvalue weighted by atomic mass is 19.1. The highest BCUT2D eigenvalue weighted by molar-refractivity contribution is 6.06. The molecule has 0 N–H and O–H groups in total. The average molecular weight is 397 g/mol. The first-order valence-electron chi connectivity index (χ1n) is 9.02. The van der Waals surface area contributed by atoms with Crippen molar-refractivity contribution in [3.63, 3.8) is 0 Å². The molecular weight excluding hydrogens is 377 g/mol. The van der Waals surface area contributed by atoms with E-state index in [1.165, 1.54) is 24.3 Å². The van der Waals surface area contributed by atoms with Gasteiger partial charge in [-0.2, -0.15) is 10.4 Å². The van der Waals surface area contributed by atoms with Crippen molar-refractivity contribution in [3.05, 3.63) is 59.4 Å². The number of carbonyl (C=O) groups excluding carboxylic acids is 1. The van der Waals surface area contributed by atoms with Crippen molar-refractivity contribution in [2.45, 2.75) is 12.8 Å². The molecule has 7 nitrogen and oxygen atoms in total. The lowest BCUT2D eigenvalue weighted by molar-refractivity contribution is 0.0431. The molecule has 0 aromatic heterocycles. The molecule has 0 aliphatic carbocycles. The summed E-state index contributed by atoms with van der Waals surface area (Å²) in [7, 11) is 1.42. The van der Waals surface area contributed by atoms with Crippen molar-refractivity contribution in [1.29, 1.82) is 5.26 Å². The number of benzene rings is 2. The van der Waals surface area contributed by atoms with E-state index in [4.69, 9.17) is 14.2 Å². The van der Waals surface area contributed by atoms with Crippen LogP contribution in [-0.4, -0.2) is 38.7 Å². The summed E-state index contributed by atoms with van der Waals surface area (Å²) in [5.74, 6) is -1.88. The fraction of sp³-hybridized carbons (Fsp3) is 0.286. The Morgan fingerprint density at radius 2 is 2.10 bits per heavy atom. The predicted molar refractivity (Wildman–Crippen MR) is 104 cm³/mol. The van der Waals surface area contributed by atoms with Crippen molar-refractivity contribution in [3.8, 4) is 11.8 Å². The summed E-state index contributed by atoms with van der Waals surface area (Å²) < 4.78 is 30.0. The molecule has 0 spiro atoms. The van der Waals surface area contributed by atoms with Crippen LogP contribution >= 0.6 is 0 Å². The number of hydrogen-bond acceptors (Lipinski definition) is 7. The summed E-state index contributed by atoms with van der Waals surface area (Å²) >= 11 is 0. The molecule has 29 heavy (non-hydrogen) atoms. The second-order valence-electron chi connectivity index (χ2n) is 6.21. The van der Waals surface area contributed by atoms with Gasteiger partial charge in [-0.3, -0.25) is 5.01 Å². The summed E-state index contributed by atoms with van der Waals surface area (Å²) in [5.41, 5.74) is 1.31. The molecule has 0 saturated heterocycles. The van der Waals surface area contributed by atoms with Gasteiger partial charge in [0.05, 0.1) is 24.8 Å². The predicted octanol–water partition coefficient (Wildman–Crippen LogP) is 3.47. The van der Waals surface area contributed by atoms with E-state index in [-0.39, 0.29) is 30.6 Å². The van der Waals surface area contributed by atoms with Gasteiger partial charge < -0.3 is 14.2 Å². The lowest BCUT2D eigenvalue weighted by atomic mass is 9.95. The Morgan fingerprint density at radius 3 is 2.76 bits per heavy atom. The number of nitriles is 1. The fourth-order valence-corrected chi connectivity index (χ4v) is 3.07. The Hall–Kier alpha value is -3.44. The van der Waals surface area contributed by atoms with Crippen LogP contribution in [0.25, 0.3) is 0 Å². The van der Waals surface area contributed by atoms with Crippen molar-refractivity contribution < 1.29 is 23.4 Å². The van der Waals surface area contributed by atoms with Gasteiger partial charge in [0.25, 0.3) is 0 Å². The number of methoxy groups -OCH3 is 1. The quantitative estimate of drug-likeness (QED) is 0.525. The summed E-state index contributed by atoms with van der Waals surface area (Å²) in [6, 6.07) is 14.3. The molecule has 1 heterocycles. The van der Waals surface area contributed by atoms with Crippen LogP contribution in [-0.2, 0) is 9.47 Å². The van der Waals surface area contributed by atoms with Gasteiger partial charge in [-0.25, -0.2) is 9.18 Å². The van der Waals surface area contributed by atoms with Crippen molar-refractivity contribution in [1.82, 2.24) is 0 Å². The van der Waals surface area contributed by atoms with Gasteiger partial charge in [0, 0.05) is 19.2 Å². The summed E-state index contributed by atoms with van der Waals surface area (Å²) in [6.45, 7) is 1.92. The highest BCUT2D eigenvalue weighted by Gasteiger charge is 2.30. The van der Waals surface area contributed by atoms with Crippen LogP contribution in [0.5, 0.6) is 5.75 Å². The zero-order valence-corrected chi connectivity index (χ0v) is 16.1. The minimum absolute atomic E-state index is 0.0165. The fourth-order valence-electron chi connectivity index (χ4n) is 3.07. The Bertz CT molecular complexity index is 956. The average Bonchev–Trinajstić information content (AvgIpc) is 3.17. The first-order chi connectivity index (χ1) is 14.1. The Morgan fingerprint density at radius 1 is 1.34 bits per heavy atom. The third-order valence-corrected chi connectivity index (χ3v) is 4.38. The molecule has 150 valence electrons. The Balaban J connectivity index is 1.96. The van der Waals surface area contributed by atoms with Crippen molar-refractivity contribution >= 4 is 17.4 Å². The second-order valence-corrected chi connectivity index (χ2v) is 6.21. The molecule has 0 radical (unpaired) electrons. The van der Waals surface area contributed by atoms with Gasteiger partial charge in [-0.15, -0.1) is 0 Å². The lowest BCUT2D eigenvalue weighted by Crippen LogP contribution is -2.19. The zero-order valence-electron chi connectivity index (χ0n) is 16.1. The molecule has 2 aromatic rings. The standard InChI is InChI=1S/C21H20FN3O4/c1-3-28-21(26)20-17(22)9-15(10-19(20)29-13-27-2)25-12-16(18(11-23)24-25)14-7-5-4-6-8-14/h4-10,16H,3,12-13H2,1-2H3. The molecule has 0 bridgehead atoms. The van der Waals surface area contributed by atoms with Gasteiger partial charge in [0.2, 0.25) is 0 Å². The maximum Gasteiger partial charge on any atom is 0.344 e.